The van der Waals surface area contributed by atoms with E-state index in [4.69, 9.17) is 0 Å². The van der Waals surface area contributed by atoms with Crippen LogP contribution in [-0.4, -0.2) is 12.7 Å². The molecule has 1 aliphatic carbocycles. The highest BCUT2D eigenvalue weighted by Gasteiger charge is 2.25. The summed E-state index contributed by atoms with van der Waals surface area (Å²) in [5.41, 5.74) is 7.05. The van der Waals surface area contributed by atoms with Gasteiger partial charge in [-0.25, -0.2) is 0 Å². The monoisotopic (exact) mass is 467 g/mol. The topological polar surface area (TPSA) is 12.0 Å². The van der Waals surface area contributed by atoms with Crippen molar-refractivity contribution < 1.29 is 13.2 Å². The minimum Gasteiger partial charge on any atom is -0.313 e. The zero-order chi connectivity index (χ0) is 24.1. The molecule has 0 aliphatic heterocycles. The summed E-state index contributed by atoms with van der Waals surface area (Å²) in [7, 11) is 0. The first-order chi connectivity index (χ1) is 16.5. The number of hydrogen-bond donors (Lipinski definition) is 1. The SMILES string of the molecule is FC(F)(F)CCCCCCCCCNCc1ccccc1.c1ccc2c(c1)Cc1ccccc1-2. The fraction of sp³-hybridized carbons (Fsp3) is 0.400. The lowest BCUT2D eigenvalue weighted by Crippen LogP contribution is -2.14. The molecular formula is C30H36F3N. The Morgan fingerprint density at radius 3 is 1.68 bits per heavy atom. The first-order valence-corrected chi connectivity index (χ1v) is 12.5. The molecule has 3 aromatic carbocycles. The third kappa shape index (κ3) is 9.34. The molecular weight excluding hydrogens is 431 g/mol. The van der Waals surface area contributed by atoms with E-state index < -0.39 is 12.6 Å². The molecule has 1 N–H and O–H groups in total. The summed E-state index contributed by atoms with van der Waals surface area (Å²) in [6.07, 6.45) is 2.86. The molecule has 0 saturated carbocycles. The van der Waals surface area contributed by atoms with Crippen LogP contribution in [0.3, 0.4) is 0 Å². The molecule has 1 nitrogen and oxygen atoms in total. The van der Waals surface area contributed by atoms with Gasteiger partial charge in [-0.3, -0.25) is 0 Å². The maximum atomic E-state index is 11.9. The number of nitrogens with one attached hydrogen (secondary N) is 1. The fourth-order valence-corrected chi connectivity index (χ4v) is 4.37. The van der Waals surface area contributed by atoms with Gasteiger partial charge in [-0.1, -0.05) is 111 Å². The van der Waals surface area contributed by atoms with Crippen molar-refractivity contribution in [2.75, 3.05) is 6.54 Å². The molecule has 0 radical (unpaired) electrons. The van der Waals surface area contributed by atoms with Crippen LogP contribution in [0.15, 0.2) is 78.9 Å². The highest BCUT2D eigenvalue weighted by atomic mass is 19.4. The molecule has 0 heterocycles. The van der Waals surface area contributed by atoms with Crippen LogP contribution in [-0.2, 0) is 13.0 Å². The van der Waals surface area contributed by atoms with Crippen LogP contribution in [0.1, 0.15) is 68.1 Å². The second kappa shape index (κ2) is 14.0. The van der Waals surface area contributed by atoms with E-state index in [-0.39, 0.29) is 6.42 Å². The number of alkyl halides is 3. The van der Waals surface area contributed by atoms with Crippen molar-refractivity contribution in [3.8, 4) is 11.1 Å². The van der Waals surface area contributed by atoms with Crippen LogP contribution in [0.5, 0.6) is 0 Å². The Morgan fingerprint density at radius 2 is 1.09 bits per heavy atom. The summed E-state index contributed by atoms with van der Waals surface area (Å²) < 4.78 is 35.8. The number of rotatable bonds is 11. The third-order valence-corrected chi connectivity index (χ3v) is 6.19. The zero-order valence-electron chi connectivity index (χ0n) is 19.9. The molecule has 0 saturated heterocycles. The second-order valence-corrected chi connectivity index (χ2v) is 8.99. The number of unbranched alkanes of at least 4 members (excludes halogenated alkanes) is 6. The van der Waals surface area contributed by atoms with Gasteiger partial charge < -0.3 is 5.32 Å². The first-order valence-electron chi connectivity index (χ1n) is 12.5. The number of fused-ring (bicyclic) bond motifs is 3. The minimum absolute atomic E-state index is 0.280. The van der Waals surface area contributed by atoms with Crippen molar-refractivity contribution in [3.63, 3.8) is 0 Å². The molecule has 0 atom stereocenters. The summed E-state index contributed by atoms with van der Waals surface area (Å²) in [5, 5.41) is 3.40. The van der Waals surface area contributed by atoms with Gasteiger partial charge in [-0.2, -0.15) is 13.2 Å². The van der Waals surface area contributed by atoms with E-state index in [9.17, 15) is 13.2 Å². The van der Waals surface area contributed by atoms with E-state index in [1.807, 2.05) is 18.2 Å². The first kappa shape index (κ1) is 26.0. The smallest absolute Gasteiger partial charge is 0.313 e. The van der Waals surface area contributed by atoms with Crippen molar-refractivity contribution >= 4 is 0 Å². The average molecular weight is 468 g/mol. The molecule has 0 aromatic heterocycles. The maximum Gasteiger partial charge on any atom is 0.389 e. The second-order valence-electron chi connectivity index (χ2n) is 8.99. The number of benzene rings is 3. The Kier molecular flexibility index (Phi) is 10.7. The Balaban J connectivity index is 0.000000210. The molecule has 3 aromatic rings. The standard InChI is InChI=1S/C17H26F3N.C13H10/c18-17(19,20)13-9-4-2-1-3-5-10-14-21-15-16-11-7-6-8-12-16;1-3-7-12-10(5-1)9-11-6-2-4-8-13(11)12/h6-8,11-12,21H,1-5,9-10,13-15H2;1-8H,9H2. The van der Waals surface area contributed by atoms with E-state index in [0.29, 0.717) is 6.42 Å². The van der Waals surface area contributed by atoms with Crippen LogP contribution < -0.4 is 5.32 Å². The fourth-order valence-electron chi connectivity index (χ4n) is 4.37. The van der Waals surface area contributed by atoms with Gasteiger partial charge in [0.25, 0.3) is 0 Å². The van der Waals surface area contributed by atoms with Gasteiger partial charge in [0.2, 0.25) is 0 Å². The van der Waals surface area contributed by atoms with Crippen molar-refractivity contribution in [2.24, 2.45) is 0 Å². The van der Waals surface area contributed by atoms with Crippen molar-refractivity contribution in [1.82, 2.24) is 5.32 Å². The van der Waals surface area contributed by atoms with Crippen LogP contribution in [0.2, 0.25) is 0 Å². The molecule has 0 amide bonds. The number of hydrogen-bond acceptors (Lipinski definition) is 1. The molecule has 0 fully saturated rings. The van der Waals surface area contributed by atoms with Crippen LogP contribution in [0.4, 0.5) is 13.2 Å². The van der Waals surface area contributed by atoms with Gasteiger partial charge in [0, 0.05) is 13.0 Å². The Labute approximate surface area is 202 Å². The van der Waals surface area contributed by atoms with Crippen LogP contribution in [0, 0.1) is 0 Å². The largest absolute Gasteiger partial charge is 0.389 e. The van der Waals surface area contributed by atoms with Crippen molar-refractivity contribution in [1.29, 1.82) is 0 Å². The lowest BCUT2D eigenvalue weighted by Gasteiger charge is -2.06. The van der Waals surface area contributed by atoms with Gasteiger partial charge in [-0.15, -0.1) is 0 Å². The zero-order valence-corrected chi connectivity index (χ0v) is 19.9. The highest BCUT2D eigenvalue weighted by molar-refractivity contribution is 5.76. The van der Waals surface area contributed by atoms with E-state index in [2.05, 4.69) is 66.0 Å². The van der Waals surface area contributed by atoms with E-state index in [1.165, 1.54) is 27.8 Å². The maximum absolute atomic E-state index is 11.9. The minimum atomic E-state index is -3.98. The molecule has 4 heteroatoms. The Hall–Kier alpha value is -2.59. The molecule has 182 valence electrons. The van der Waals surface area contributed by atoms with Crippen LogP contribution >= 0.6 is 0 Å². The highest BCUT2D eigenvalue weighted by Crippen LogP contribution is 2.35. The Morgan fingerprint density at radius 1 is 0.588 bits per heavy atom. The summed E-state index contributed by atoms with van der Waals surface area (Å²) in [5.74, 6) is 0. The van der Waals surface area contributed by atoms with E-state index >= 15 is 0 Å². The average Bonchev–Trinajstić information content (AvgIpc) is 3.22. The summed E-state index contributed by atoms with van der Waals surface area (Å²) in [6.45, 7) is 1.90. The van der Waals surface area contributed by atoms with Gasteiger partial charge in [-0.05, 0) is 53.6 Å². The molecule has 1 aliphatic rings. The quantitative estimate of drug-likeness (QED) is 0.218. The number of halogens is 3. The van der Waals surface area contributed by atoms with Gasteiger partial charge in [0.1, 0.15) is 0 Å². The van der Waals surface area contributed by atoms with Gasteiger partial charge in [0.15, 0.2) is 0 Å². The summed E-state index contributed by atoms with van der Waals surface area (Å²) in [6, 6.07) is 27.6. The predicted molar refractivity (Wildman–Crippen MR) is 136 cm³/mol. The van der Waals surface area contributed by atoms with E-state index in [1.54, 1.807) is 0 Å². The van der Waals surface area contributed by atoms with E-state index in [0.717, 1.165) is 51.6 Å². The lowest BCUT2D eigenvalue weighted by molar-refractivity contribution is -0.135. The van der Waals surface area contributed by atoms with Gasteiger partial charge >= 0.3 is 6.18 Å². The summed E-state index contributed by atoms with van der Waals surface area (Å²) in [4.78, 5) is 0. The normalized spacial score (nSPS) is 12.0. The molecule has 34 heavy (non-hydrogen) atoms. The lowest BCUT2D eigenvalue weighted by atomic mass is 10.1. The molecule has 0 bridgehead atoms. The predicted octanol–water partition coefficient (Wildman–Crippen LogP) is 8.72. The van der Waals surface area contributed by atoms with Crippen molar-refractivity contribution in [3.05, 3.63) is 95.6 Å². The van der Waals surface area contributed by atoms with Gasteiger partial charge in [0.05, 0.1) is 0 Å². The Bertz CT molecular complexity index is 923. The molecule has 0 unspecified atom stereocenters. The third-order valence-electron chi connectivity index (χ3n) is 6.19. The molecule has 0 spiro atoms. The van der Waals surface area contributed by atoms with Crippen LogP contribution in [0.25, 0.3) is 11.1 Å². The molecule has 4 rings (SSSR count). The summed E-state index contributed by atoms with van der Waals surface area (Å²) >= 11 is 0. The van der Waals surface area contributed by atoms with Crippen molar-refractivity contribution in [2.45, 2.75) is 70.5 Å².